The number of aromatic nitrogens is 5. The molecule has 0 aromatic carbocycles. The van der Waals surface area contributed by atoms with Crippen molar-refractivity contribution in [3.05, 3.63) is 40.9 Å². The molecule has 2 bridgehead atoms. The first-order valence-corrected chi connectivity index (χ1v) is 13.2. The van der Waals surface area contributed by atoms with Crippen molar-refractivity contribution in [1.82, 2.24) is 24.9 Å². The lowest BCUT2D eigenvalue weighted by Crippen LogP contribution is -2.54. The topological polar surface area (TPSA) is 117 Å². The number of carbonyl (C=O) groups is 1. The van der Waals surface area contributed by atoms with Gasteiger partial charge in [-0.1, -0.05) is 17.7 Å². The number of rotatable bonds is 6. The van der Waals surface area contributed by atoms with Gasteiger partial charge in [0.1, 0.15) is 16.4 Å². The fourth-order valence-electron chi connectivity index (χ4n) is 6.13. The number of anilines is 1. The molecule has 0 saturated heterocycles. The maximum Gasteiger partial charge on any atom is 0.309 e. The van der Waals surface area contributed by atoms with Crippen molar-refractivity contribution in [2.45, 2.75) is 32.6 Å². The van der Waals surface area contributed by atoms with Gasteiger partial charge in [0, 0.05) is 12.7 Å². The molecule has 4 aromatic rings. The van der Waals surface area contributed by atoms with Crippen LogP contribution in [0.5, 0.6) is 0 Å². The van der Waals surface area contributed by atoms with Crippen LogP contribution in [0, 0.1) is 29.0 Å². The molecule has 3 aliphatic rings. The fraction of sp³-hybridized carbons (Fsp3) is 0.400. The van der Waals surface area contributed by atoms with E-state index in [-0.39, 0.29) is 40.2 Å². The lowest BCUT2D eigenvalue weighted by molar-refractivity contribution is -0.166. The van der Waals surface area contributed by atoms with Gasteiger partial charge in [0.15, 0.2) is 23.1 Å². The molecular formula is C25H24ClFN6O2S. The number of aliphatic carboxylic acids is 1. The summed E-state index contributed by atoms with van der Waals surface area (Å²) in [6.07, 6.45) is 7.00. The van der Waals surface area contributed by atoms with Crippen LogP contribution >= 0.6 is 22.9 Å². The summed E-state index contributed by atoms with van der Waals surface area (Å²) in [5.41, 5.74) is 0.881. The number of fused-ring (bicyclic) bond motifs is 4. The summed E-state index contributed by atoms with van der Waals surface area (Å²) < 4.78 is 15.8. The lowest BCUT2D eigenvalue weighted by atomic mass is 9.51. The van der Waals surface area contributed by atoms with Crippen molar-refractivity contribution < 1.29 is 14.3 Å². The minimum absolute atomic E-state index is 0.0434. The summed E-state index contributed by atoms with van der Waals surface area (Å²) in [5.74, 6) is -0.727. The number of H-pyrrole nitrogens is 1. The summed E-state index contributed by atoms with van der Waals surface area (Å²) in [7, 11) is 0. The Morgan fingerprint density at radius 2 is 2.11 bits per heavy atom. The maximum absolute atomic E-state index is 15.8. The average molecular weight is 527 g/mol. The van der Waals surface area contributed by atoms with E-state index in [2.05, 4.69) is 30.2 Å². The predicted octanol–water partition coefficient (Wildman–Crippen LogP) is 5.87. The Hall–Kier alpha value is -3.11. The van der Waals surface area contributed by atoms with Crippen LogP contribution in [0.2, 0.25) is 5.15 Å². The first-order chi connectivity index (χ1) is 17.4. The van der Waals surface area contributed by atoms with E-state index in [4.69, 9.17) is 11.6 Å². The number of thiophene rings is 1. The van der Waals surface area contributed by atoms with Crippen LogP contribution in [0.3, 0.4) is 0 Å². The van der Waals surface area contributed by atoms with Crippen LogP contribution < -0.4 is 5.32 Å². The van der Waals surface area contributed by atoms with E-state index < -0.39 is 17.2 Å². The average Bonchev–Trinajstić information content (AvgIpc) is 3.55. The van der Waals surface area contributed by atoms with E-state index in [1.165, 1.54) is 17.5 Å². The Balaban J connectivity index is 1.41. The van der Waals surface area contributed by atoms with Crippen molar-refractivity contribution in [2.24, 2.45) is 23.2 Å². The highest BCUT2D eigenvalue weighted by atomic mass is 35.5. The first-order valence-electron chi connectivity index (χ1n) is 11.9. The number of nitrogens with one attached hydrogen (secondary N) is 2. The van der Waals surface area contributed by atoms with Crippen molar-refractivity contribution in [1.29, 1.82) is 0 Å². The molecule has 0 spiro atoms. The minimum atomic E-state index is -0.847. The normalized spacial score (nSPS) is 25.4. The van der Waals surface area contributed by atoms with Crippen molar-refractivity contribution in [2.75, 3.05) is 11.9 Å². The van der Waals surface area contributed by atoms with Crippen LogP contribution in [0.1, 0.15) is 32.6 Å². The molecule has 0 radical (unpaired) electrons. The zero-order chi connectivity index (χ0) is 25.0. The number of carboxylic acid groups (broad SMARTS) is 1. The molecule has 4 aromatic heterocycles. The number of nitrogens with zero attached hydrogens (tertiary/aromatic N) is 4. The number of hydrogen-bond donors (Lipinski definition) is 3. The summed E-state index contributed by atoms with van der Waals surface area (Å²) in [6.45, 7) is 2.17. The van der Waals surface area contributed by atoms with Gasteiger partial charge in [0.05, 0.1) is 22.1 Å². The third-order valence-corrected chi connectivity index (χ3v) is 9.17. The summed E-state index contributed by atoms with van der Waals surface area (Å²) in [6, 6.07) is 3.64. The zero-order valence-electron chi connectivity index (χ0n) is 19.5. The van der Waals surface area contributed by atoms with Crippen LogP contribution in [0.25, 0.3) is 33.1 Å². The highest BCUT2D eigenvalue weighted by Crippen LogP contribution is 2.56. The second-order valence-corrected chi connectivity index (χ2v) is 11.1. The molecule has 3 N–H and O–H groups in total. The third-order valence-electron chi connectivity index (χ3n) is 8.11. The molecule has 0 aliphatic heterocycles. The SMILES string of the molecule is C[C@]1(C(=O)O)C2CCC(CC2)[C@@H]1CNc1nc(-c2c[nH]c3ncc(Cl)nc23)nc(-c2cccs2)c1F. The standard InChI is InChI=1S/C25H24ClFN6O2S/c1-25(24(34)35)13-6-4-12(5-7-13)15(25)10-29-22-18(27)20(16-3-2-8-36-16)32-21(33-22)14-9-28-23-19(14)31-17(26)11-30-23/h2-3,8-9,11-13,15H,4-7,10H2,1H3,(H,28,30)(H,34,35)(H,29,32,33)/t12?,13?,15-,25-/m0/s1. The van der Waals surface area contributed by atoms with Gasteiger partial charge in [0.25, 0.3) is 0 Å². The molecule has 4 heterocycles. The molecular weight excluding hydrogens is 503 g/mol. The zero-order valence-corrected chi connectivity index (χ0v) is 21.0. The number of aromatic amines is 1. The summed E-state index contributed by atoms with van der Waals surface area (Å²) in [5, 5.41) is 15.4. The van der Waals surface area contributed by atoms with Gasteiger partial charge in [0.2, 0.25) is 0 Å². The quantitative estimate of drug-likeness (QED) is 0.287. The Labute approximate surface area is 215 Å². The molecule has 8 nitrogen and oxygen atoms in total. The number of carboxylic acids is 1. The van der Waals surface area contributed by atoms with Gasteiger partial charge in [-0.2, -0.15) is 0 Å². The second-order valence-electron chi connectivity index (χ2n) is 9.81. The van der Waals surface area contributed by atoms with Crippen LogP contribution in [0.4, 0.5) is 10.2 Å². The van der Waals surface area contributed by atoms with E-state index in [0.29, 0.717) is 28.1 Å². The molecule has 3 saturated carbocycles. The maximum atomic E-state index is 15.8. The van der Waals surface area contributed by atoms with Crippen LogP contribution in [-0.4, -0.2) is 42.5 Å². The smallest absolute Gasteiger partial charge is 0.309 e. The van der Waals surface area contributed by atoms with E-state index in [0.717, 1.165) is 25.7 Å². The molecule has 0 unspecified atom stereocenters. The van der Waals surface area contributed by atoms with Crippen LogP contribution in [0.15, 0.2) is 29.9 Å². The Bertz CT molecular complexity index is 1450. The minimum Gasteiger partial charge on any atom is -0.481 e. The largest absolute Gasteiger partial charge is 0.481 e. The second kappa shape index (κ2) is 8.77. The molecule has 11 heteroatoms. The van der Waals surface area contributed by atoms with Gasteiger partial charge in [-0.3, -0.25) is 4.79 Å². The number of hydrogen-bond acceptors (Lipinski definition) is 7. The summed E-state index contributed by atoms with van der Waals surface area (Å²) in [4.78, 5) is 33.8. The van der Waals surface area contributed by atoms with Gasteiger partial charge in [-0.15, -0.1) is 11.3 Å². The molecule has 36 heavy (non-hydrogen) atoms. The fourth-order valence-corrected chi connectivity index (χ4v) is 6.97. The Kier molecular flexibility index (Phi) is 5.68. The monoisotopic (exact) mass is 526 g/mol. The lowest BCUT2D eigenvalue weighted by Gasteiger charge is -2.53. The number of halogens is 2. The third kappa shape index (κ3) is 3.66. The molecule has 7 rings (SSSR count). The first kappa shape index (κ1) is 23.3. The van der Waals surface area contributed by atoms with Crippen molar-refractivity contribution in [3.63, 3.8) is 0 Å². The Morgan fingerprint density at radius 3 is 2.83 bits per heavy atom. The van der Waals surface area contributed by atoms with E-state index in [9.17, 15) is 9.90 Å². The Morgan fingerprint density at radius 1 is 1.31 bits per heavy atom. The van der Waals surface area contributed by atoms with E-state index in [1.54, 1.807) is 12.3 Å². The van der Waals surface area contributed by atoms with Gasteiger partial charge in [-0.25, -0.2) is 24.3 Å². The highest BCUT2D eigenvalue weighted by molar-refractivity contribution is 7.13. The molecule has 3 fully saturated rings. The van der Waals surface area contributed by atoms with Gasteiger partial charge in [-0.05, 0) is 61.8 Å². The van der Waals surface area contributed by atoms with E-state index in [1.807, 2.05) is 18.4 Å². The van der Waals surface area contributed by atoms with Crippen molar-refractivity contribution in [3.8, 4) is 22.0 Å². The van der Waals surface area contributed by atoms with Crippen LogP contribution in [-0.2, 0) is 4.79 Å². The molecule has 2 atom stereocenters. The molecule has 0 amide bonds. The molecule has 186 valence electrons. The van der Waals surface area contributed by atoms with E-state index >= 15 is 4.39 Å². The summed E-state index contributed by atoms with van der Waals surface area (Å²) >= 11 is 7.45. The predicted molar refractivity (Wildman–Crippen MR) is 136 cm³/mol. The molecule has 3 aliphatic carbocycles. The highest BCUT2D eigenvalue weighted by Gasteiger charge is 2.56. The van der Waals surface area contributed by atoms with Crippen molar-refractivity contribution >= 4 is 45.9 Å². The van der Waals surface area contributed by atoms with Gasteiger partial charge >= 0.3 is 5.97 Å². The van der Waals surface area contributed by atoms with Gasteiger partial charge < -0.3 is 15.4 Å².